The fourth-order valence-electron chi connectivity index (χ4n) is 2.41. The van der Waals surface area contributed by atoms with Crippen molar-refractivity contribution >= 4 is 28.3 Å². The van der Waals surface area contributed by atoms with Crippen molar-refractivity contribution in [2.45, 2.75) is 20.4 Å². The van der Waals surface area contributed by atoms with E-state index in [0.29, 0.717) is 11.4 Å². The molecule has 0 atom stereocenters. The third-order valence-corrected chi connectivity index (χ3v) is 3.72. The second kappa shape index (κ2) is 5.52. The molecule has 0 aliphatic rings. The van der Waals surface area contributed by atoms with Crippen LogP contribution in [0.5, 0.6) is 0 Å². The predicted molar refractivity (Wildman–Crippen MR) is 88.7 cm³/mol. The van der Waals surface area contributed by atoms with E-state index in [0.717, 1.165) is 11.0 Å². The average molecular weight is 294 g/mol. The molecule has 0 saturated heterocycles. The highest BCUT2D eigenvalue weighted by Crippen LogP contribution is 2.18. The molecule has 1 aromatic heterocycles. The van der Waals surface area contributed by atoms with Gasteiger partial charge in [-0.05, 0) is 55.3 Å². The Labute approximate surface area is 128 Å². The number of rotatable bonds is 3. The van der Waals surface area contributed by atoms with E-state index >= 15 is 0 Å². The number of amides is 1. The van der Waals surface area contributed by atoms with E-state index in [1.165, 1.54) is 11.1 Å². The number of nitrogens with two attached hydrogens (primary N) is 1. The Morgan fingerprint density at radius 2 is 2.00 bits per heavy atom. The summed E-state index contributed by atoms with van der Waals surface area (Å²) in [7, 11) is 0. The Morgan fingerprint density at radius 1 is 1.23 bits per heavy atom. The molecule has 3 aromatic rings. The van der Waals surface area contributed by atoms with Gasteiger partial charge in [0.1, 0.15) is 6.54 Å². The SMILES string of the molecule is Cc1cc2ncn(CC(=O)Nc3cccc(N)c3)c2cc1C. The summed E-state index contributed by atoms with van der Waals surface area (Å²) < 4.78 is 1.85. The molecule has 0 spiro atoms. The van der Waals surface area contributed by atoms with E-state index in [1.807, 2.05) is 22.8 Å². The lowest BCUT2D eigenvalue weighted by Gasteiger charge is -2.08. The van der Waals surface area contributed by atoms with E-state index in [-0.39, 0.29) is 12.5 Å². The van der Waals surface area contributed by atoms with Crippen LogP contribution in [-0.2, 0) is 11.3 Å². The number of benzene rings is 2. The fourth-order valence-corrected chi connectivity index (χ4v) is 2.41. The molecule has 1 heterocycles. The first kappa shape index (κ1) is 14.1. The molecule has 0 aliphatic heterocycles. The van der Waals surface area contributed by atoms with E-state index in [9.17, 15) is 4.79 Å². The minimum absolute atomic E-state index is 0.108. The second-order valence-electron chi connectivity index (χ2n) is 5.47. The van der Waals surface area contributed by atoms with Gasteiger partial charge >= 0.3 is 0 Å². The lowest BCUT2D eigenvalue weighted by molar-refractivity contribution is -0.116. The smallest absolute Gasteiger partial charge is 0.244 e. The number of aromatic nitrogens is 2. The highest BCUT2D eigenvalue weighted by atomic mass is 16.1. The standard InChI is InChI=1S/C17H18N4O/c1-11-6-15-16(7-12(11)2)21(10-19-15)9-17(22)20-14-5-3-4-13(18)8-14/h3-8,10H,9,18H2,1-2H3,(H,20,22). The molecule has 3 N–H and O–H groups in total. The molecule has 1 amide bonds. The van der Waals surface area contributed by atoms with Gasteiger partial charge in [0.15, 0.2) is 0 Å². The summed E-state index contributed by atoms with van der Waals surface area (Å²) >= 11 is 0. The zero-order chi connectivity index (χ0) is 15.7. The van der Waals surface area contributed by atoms with Crippen LogP contribution in [0.15, 0.2) is 42.7 Å². The van der Waals surface area contributed by atoms with Gasteiger partial charge in [0, 0.05) is 11.4 Å². The average Bonchev–Trinajstić information content (AvgIpc) is 2.81. The van der Waals surface area contributed by atoms with Crippen LogP contribution in [0, 0.1) is 13.8 Å². The third-order valence-electron chi connectivity index (χ3n) is 3.72. The number of carbonyl (C=O) groups is 1. The van der Waals surface area contributed by atoms with Crippen LogP contribution in [0.2, 0.25) is 0 Å². The van der Waals surface area contributed by atoms with Gasteiger partial charge in [-0.3, -0.25) is 4.79 Å². The quantitative estimate of drug-likeness (QED) is 0.729. The van der Waals surface area contributed by atoms with Crippen LogP contribution >= 0.6 is 0 Å². The first-order valence-electron chi connectivity index (χ1n) is 7.10. The molecule has 0 radical (unpaired) electrons. The number of anilines is 2. The summed E-state index contributed by atoms with van der Waals surface area (Å²) in [6.07, 6.45) is 1.70. The number of hydrogen-bond donors (Lipinski definition) is 2. The predicted octanol–water partition coefficient (Wildman–Crippen LogP) is 2.87. The topological polar surface area (TPSA) is 72.9 Å². The number of nitrogens with zero attached hydrogens (tertiary/aromatic N) is 2. The summed E-state index contributed by atoms with van der Waals surface area (Å²) in [6.45, 7) is 4.33. The van der Waals surface area contributed by atoms with Gasteiger partial charge in [0.25, 0.3) is 0 Å². The molecule has 5 heteroatoms. The van der Waals surface area contributed by atoms with Gasteiger partial charge in [-0.1, -0.05) is 6.07 Å². The van der Waals surface area contributed by atoms with Crippen LogP contribution in [0.1, 0.15) is 11.1 Å². The summed E-state index contributed by atoms with van der Waals surface area (Å²) in [5, 5.41) is 2.84. The Hall–Kier alpha value is -2.82. The van der Waals surface area contributed by atoms with E-state index in [2.05, 4.69) is 30.2 Å². The Balaban J connectivity index is 1.81. The molecular formula is C17H18N4O. The normalized spacial score (nSPS) is 10.8. The second-order valence-corrected chi connectivity index (χ2v) is 5.47. The number of nitrogens with one attached hydrogen (secondary N) is 1. The minimum Gasteiger partial charge on any atom is -0.399 e. The lowest BCUT2D eigenvalue weighted by atomic mass is 10.1. The van der Waals surface area contributed by atoms with Gasteiger partial charge in [0.2, 0.25) is 5.91 Å². The van der Waals surface area contributed by atoms with Crippen molar-refractivity contribution in [1.82, 2.24) is 9.55 Å². The summed E-state index contributed by atoms with van der Waals surface area (Å²) in [4.78, 5) is 16.5. The van der Waals surface area contributed by atoms with Crippen molar-refractivity contribution in [3.05, 3.63) is 53.9 Å². The van der Waals surface area contributed by atoms with Crippen molar-refractivity contribution in [3.63, 3.8) is 0 Å². The molecule has 0 saturated carbocycles. The van der Waals surface area contributed by atoms with E-state index < -0.39 is 0 Å². The monoisotopic (exact) mass is 294 g/mol. The van der Waals surface area contributed by atoms with Crippen LogP contribution < -0.4 is 11.1 Å². The maximum Gasteiger partial charge on any atom is 0.244 e. The largest absolute Gasteiger partial charge is 0.399 e. The maximum atomic E-state index is 12.2. The van der Waals surface area contributed by atoms with Crippen molar-refractivity contribution in [1.29, 1.82) is 0 Å². The number of imidazole rings is 1. The Bertz CT molecular complexity index is 851. The van der Waals surface area contributed by atoms with E-state index in [4.69, 9.17) is 5.73 Å². The van der Waals surface area contributed by atoms with Gasteiger partial charge in [-0.25, -0.2) is 4.98 Å². The van der Waals surface area contributed by atoms with Gasteiger partial charge in [-0.15, -0.1) is 0 Å². The van der Waals surface area contributed by atoms with Crippen LogP contribution in [0.3, 0.4) is 0 Å². The zero-order valence-corrected chi connectivity index (χ0v) is 12.6. The number of carbonyl (C=O) groups excluding carboxylic acids is 1. The minimum atomic E-state index is -0.108. The van der Waals surface area contributed by atoms with Crippen LogP contribution in [-0.4, -0.2) is 15.5 Å². The van der Waals surface area contributed by atoms with Crippen LogP contribution in [0.4, 0.5) is 11.4 Å². The zero-order valence-electron chi connectivity index (χ0n) is 12.6. The number of hydrogen-bond acceptors (Lipinski definition) is 3. The van der Waals surface area contributed by atoms with Crippen molar-refractivity contribution in [2.24, 2.45) is 0 Å². The molecular weight excluding hydrogens is 276 g/mol. The molecule has 0 unspecified atom stereocenters. The molecule has 5 nitrogen and oxygen atoms in total. The maximum absolute atomic E-state index is 12.2. The van der Waals surface area contributed by atoms with Crippen molar-refractivity contribution in [3.8, 4) is 0 Å². The molecule has 0 aliphatic carbocycles. The highest BCUT2D eigenvalue weighted by molar-refractivity contribution is 5.92. The molecule has 0 bridgehead atoms. The van der Waals surface area contributed by atoms with E-state index in [1.54, 1.807) is 18.5 Å². The summed E-state index contributed by atoms with van der Waals surface area (Å²) in [5.74, 6) is -0.108. The molecule has 2 aromatic carbocycles. The van der Waals surface area contributed by atoms with Gasteiger partial charge < -0.3 is 15.6 Å². The fraction of sp³-hybridized carbons (Fsp3) is 0.176. The number of nitrogen functional groups attached to an aromatic ring is 1. The first-order valence-corrected chi connectivity index (χ1v) is 7.10. The molecule has 0 fully saturated rings. The third kappa shape index (κ3) is 2.79. The van der Waals surface area contributed by atoms with Crippen molar-refractivity contribution in [2.75, 3.05) is 11.1 Å². The Kier molecular flexibility index (Phi) is 3.55. The Morgan fingerprint density at radius 3 is 2.77 bits per heavy atom. The summed E-state index contributed by atoms with van der Waals surface area (Å²) in [6, 6.07) is 11.2. The van der Waals surface area contributed by atoms with Crippen LogP contribution in [0.25, 0.3) is 11.0 Å². The highest BCUT2D eigenvalue weighted by Gasteiger charge is 2.09. The molecule has 112 valence electrons. The van der Waals surface area contributed by atoms with Gasteiger partial charge in [0.05, 0.1) is 17.4 Å². The van der Waals surface area contributed by atoms with Gasteiger partial charge in [-0.2, -0.15) is 0 Å². The summed E-state index contributed by atoms with van der Waals surface area (Å²) in [5.41, 5.74) is 11.3. The molecule has 22 heavy (non-hydrogen) atoms. The lowest BCUT2D eigenvalue weighted by Crippen LogP contribution is -2.18. The first-order chi connectivity index (χ1) is 10.5. The van der Waals surface area contributed by atoms with Crippen molar-refractivity contribution < 1.29 is 4.79 Å². The molecule has 3 rings (SSSR count). The number of fused-ring (bicyclic) bond motifs is 1. The number of aryl methyl sites for hydroxylation is 2.